The first-order valence-corrected chi connectivity index (χ1v) is 9.45. The zero-order valence-corrected chi connectivity index (χ0v) is 13.8. The molecule has 1 unspecified atom stereocenters. The molecule has 1 rings (SSSR count). The van der Waals surface area contributed by atoms with Gasteiger partial charge in [-0.2, -0.15) is 11.8 Å². The zero-order chi connectivity index (χ0) is 15.3. The van der Waals surface area contributed by atoms with Crippen molar-refractivity contribution in [1.29, 1.82) is 0 Å². The molecule has 0 bridgehead atoms. The third-order valence-corrected chi connectivity index (χ3v) is 6.40. The van der Waals surface area contributed by atoms with Gasteiger partial charge in [-0.25, -0.2) is 13.1 Å². The van der Waals surface area contributed by atoms with Gasteiger partial charge in [0.25, 0.3) is 0 Å². The Morgan fingerprint density at radius 3 is 2.70 bits per heavy atom. The zero-order valence-electron chi connectivity index (χ0n) is 11.4. The molecule has 114 valence electrons. The Morgan fingerprint density at radius 1 is 1.55 bits per heavy atom. The minimum atomic E-state index is -3.71. The van der Waals surface area contributed by atoms with Crippen LogP contribution in [0.25, 0.3) is 0 Å². The molecule has 0 aliphatic carbocycles. The van der Waals surface area contributed by atoms with Crippen LogP contribution < -0.4 is 10.0 Å². The van der Waals surface area contributed by atoms with E-state index in [1.54, 1.807) is 6.92 Å². The smallest absolute Gasteiger partial charge is 0.304 e. The molecule has 1 heterocycles. The standard InChI is InChI=1S/C10H17N3O4S3/c1-4-11-10-8(13(14)15)5-9(19-10)20(16,17)12-6-7(2)18-3/h5,7,11-12H,4,6H2,1-3H3. The lowest BCUT2D eigenvalue weighted by Crippen LogP contribution is -2.28. The molecular weight excluding hydrogens is 322 g/mol. The van der Waals surface area contributed by atoms with Crippen LogP contribution in [-0.4, -0.2) is 37.9 Å². The van der Waals surface area contributed by atoms with Crippen LogP contribution in [0.5, 0.6) is 0 Å². The predicted octanol–water partition coefficient (Wildman–Crippen LogP) is 2.12. The van der Waals surface area contributed by atoms with Crippen molar-refractivity contribution >= 4 is 43.8 Å². The van der Waals surface area contributed by atoms with E-state index in [9.17, 15) is 18.5 Å². The summed E-state index contributed by atoms with van der Waals surface area (Å²) < 4.78 is 26.6. The van der Waals surface area contributed by atoms with Crippen molar-refractivity contribution in [3.05, 3.63) is 16.2 Å². The first-order chi connectivity index (χ1) is 9.31. The summed E-state index contributed by atoms with van der Waals surface area (Å²) in [5, 5.41) is 14.1. The summed E-state index contributed by atoms with van der Waals surface area (Å²) >= 11 is 2.41. The molecule has 0 radical (unpaired) electrons. The van der Waals surface area contributed by atoms with Crippen molar-refractivity contribution < 1.29 is 13.3 Å². The molecule has 0 spiro atoms. The van der Waals surface area contributed by atoms with Gasteiger partial charge in [-0.1, -0.05) is 18.3 Å². The molecule has 0 aromatic carbocycles. The van der Waals surface area contributed by atoms with Gasteiger partial charge in [0.15, 0.2) is 5.00 Å². The Labute approximate surface area is 126 Å². The summed E-state index contributed by atoms with van der Waals surface area (Å²) in [6.45, 7) is 4.45. The van der Waals surface area contributed by atoms with Gasteiger partial charge in [-0.15, -0.1) is 0 Å². The van der Waals surface area contributed by atoms with E-state index in [0.29, 0.717) is 6.54 Å². The summed E-state index contributed by atoms with van der Waals surface area (Å²) in [6, 6.07) is 1.09. The fourth-order valence-corrected chi connectivity index (χ4v) is 4.22. The number of thioether (sulfide) groups is 1. The van der Waals surface area contributed by atoms with E-state index >= 15 is 0 Å². The van der Waals surface area contributed by atoms with Crippen LogP contribution in [0, 0.1) is 10.1 Å². The lowest BCUT2D eigenvalue weighted by molar-refractivity contribution is -0.383. The molecule has 2 N–H and O–H groups in total. The van der Waals surface area contributed by atoms with Crippen molar-refractivity contribution in [3.63, 3.8) is 0 Å². The highest BCUT2D eigenvalue weighted by molar-refractivity contribution is 7.99. The van der Waals surface area contributed by atoms with Gasteiger partial charge in [-0.05, 0) is 13.2 Å². The molecule has 7 nitrogen and oxygen atoms in total. The quantitative estimate of drug-likeness (QED) is 0.556. The van der Waals surface area contributed by atoms with E-state index in [2.05, 4.69) is 10.0 Å². The van der Waals surface area contributed by atoms with E-state index < -0.39 is 14.9 Å². The van der Waals surface area contributed by atoms with Gasteiger partial charge >= 0.3 is 5.69 Å². The molecule has 1 aromatic heterocycles. The average Bonchev–Trinajstić information content (AvgIpc) is 2.81. The molecule has 20 heavy (non-hydrogen) atoms. The summed E-state index contributed by atoms with van der Waals surface area (Å²) in [5.74, 6) is 0. The topological polar surface area (TPSA) is 101 Å². The monoisotopic (exact) mass is 339 g/mol. The Kier molecular flexibility index (Phi) is 6.24. The first-order valence-electron chi connectivity index (χ1n) is 5.86. The molecule has 0 amide bonds. The number of nitro groups is 1. The van der Waals surface area contributed by atoms with Gasteiger partial charge in [0.05, 0.1) is 4.92 Å². The van der Waals surface area contributed by atoms with Crippen LogP contribution in [-0.2, 0) is 10.0 Å². The second-order valence-corrected chi connectivity index (χ2v) is 8.29. The number of rotatable bonds is 8. The van der Waals surface area contributed by atoms with Crippen LogP contribution in [0.15, 0.2) is 10.3 Å². The largest absolute Gasteiger partial charge is 0.372 e. The highest BCUT2D eigenvalue weighted by Gasteiger charge is 2.26. The number of anilines is 1. The van der Waals surface area contributed by atoms with E-state index in [1.807, 2.05) is 13.2 Å². The molecule has 0 fully saturated rings. The van der Waals surface area contributed by atoms with Crippen molar-refractivity contribution in [2.45, 2.75) is 23.3 Å². The second kappa shape index (κ2) is 7.25. The maximum Gasteiger partial charge on any atom is 0.304 e. The minimum Gasteiger partial charge on any atom is -0.372 e. The summed E-state index contributed by atoms with van der Waals surface area (Å²) in [5.41, 5.74) is -0.213. The summed E-state index contributed by atoms with van der Waals surface area (Å²) in [6.07, 6.45) is 1.89. The predicted molar refractivity (Wildman–Crippen MR) is 83.3 cm³/mol. The van der Waals surface area contributed by atoms with E-state index in [4.69, 9.17) is 0 Å². The molecule has 10 heteroatoms. The Hall–Kier alpha value is -0.840. The first kappa shape index (κ1) is 17.2. The molecule has 0 saturated heterocycles. The Balaban J connectivity index is 3.00. The van der Waals surface area contributed by atoms with Gasteiger partial charge < -0.3 is 5.32 Å². The van der Waals surface area contributed by atoms with Gasteiger partial charge in [-0.3, -0.25) is 10.1 Å². The van der Waals surface area contributed by atoms with Gasteiger partial charge in [0.2, 0.25) is 10.0 Å². The Bertz CT molecular complexity index is 570. The molecular formula is C10H17N3O4S3. The highest BCUT2D eigenvalue weighted by atomic mass is 32.2. The van der Waals surface area contributed by atoms with Crippen LogP contribution in [0.3, 0.4) is 0 Å². The lowest BCUT2D eigenvalue weighted by Gasteiger charge is -2.08. The van der Waals surface area contributed by atoms with Gasteiger partial charge in [0.1, 0.15) is 4.21 Å². The van der Waals surface area contributed by atoms with Crippen molar-refractivity contribution in [1.82, 2.24) is 4.72 Å². The number of thiophene rings is 1. The van der Waals surface area contributed by atoms with Crippen molar-refractivity contribution in [2.75, 3.05) is 24.7 Å². The van der Waals surface area contributed by atoms with Crippen molar-refractivity contribution in [3.8, 4) is 0 Å². The number of sulfonamides is 1. The Morgan fingerprint density at radius 2 is 2.20 bits per heavy atom. The normalized spacial score (nSPS) is 13.2. The number of nitrogens with one attached hydrogen (secondary N) is 2. The lowest BCUT2D eigenvalue weighted by atomic mass is 10.5. The number of hydrogen-bond donors (Lipinski definition) is 2. The van der Waals surface area contributed by atoms with Crippen LogP contribution in [0.1, 0.15) is 13.8 Å². The maximum atomic E-state index is 12.1. The second-order valence-electron chi connectivity index (χ2n) is 3.97. The maximum absolute atomic E-state index is 12.1. The summed E-state index contributed by atoms with van der Waals surface area (Å²) in [7, 11) is -3.71. The van der Waals surface area contributed by atoms with E-state index in [1.165, 1.54) is 11.8 Å². The minimum absolute atomic E-state index is 0.0477. The van der Waals surface area contributed by atoms with Crippen LogP contribution in [0.4, 0.5) is 10.7 Å². The fourth-order valence-electron chi connectivity index (χ4n) is 1.30. The third-order valence-electron chi connectivity index (χ3n) is 2.45. The number of nitrogens with zero attached hydrogens (tertiary/aromatic N) is 1. The summed E-state index contributed by atoms with van der Waals surface area (Å²) in [4.78, 5) is 10.3. The molecule has 0 aliphatic rings. The molecule has 1 aromatic rings. The van der Waals surface area contributed by atoms with Crippen molar-refractivity contribution in [2.24, 2.45) is 0 Å². The van der Waals surface area contributed by atoms with E-state index in [-0.39, 0.29) is 26.7 Å². The molecule has 0 saturated carbocycles. The van der Waals surface area contributed by atoms with Crippen LogP contribution in [0.2, 0.25) is 0 Å². The highest BCUT2D eigenvalue weighted by Crippen LogP contribution is 2.36. The SMILES string of the molecule is CCNc1sc(S(=O)(=O)NCC(C)SC)cc1[N+](=O)[O-]. The van der Waals surface area contributed by atoms with Gasteiger partial charge in [0, 0.05) is 24.4 Å². The number of hydrogen-bond acceptors (Lipinski definition) is 7. The average molecular weight is 339 g/mol. The molecule has 1 atom stereocenters. The molecule has 0 aliphatic heterocycles. The fraction of sp³-hybridized carbons (Fsp3) is 0.600. The van der Waals surface area contributed by atoms with E-state index in [0.717, 1.165) is 17.4 Å². The van der Waals surface area contributed by atoms with Crippen LogP contribution >= 0.6 is 23.1 Å². The third kappa shape index (κ3) is 4.33.